The Kier molecular flexibility index (Phi) is 30.1. The van der Waals surface area contributed by atoms with Gasteiger partial charge in [-0.2, -0.15) is 0 Å². The fourth-order valence-electron chi connectivity index (χ4n) is 0.614. The first-order valence-corrected chi connectivity index (χ1v) is 4.58. The summed E-state index contributed by atoms with van der Waals surface area (Å²) in [4.78, 5) is 0. The van der Waals surface area contributed by atoms with Crippen LogP contribution in [0.4, 0.5) is 13.2 Å². The van der Waals surface area contributed by atoms with Crippen molar-refractivity contribution in [3.63, 3.8) is 0 Å². The molecule has 0 saturated heterocycles. The van der Waals surface area contributed by atoms with Gasteiger partial charge >= 0.3 is 0 Å². The van der Waals surface area contributed by atoms with Crippen LogP contribution in [0, 0.1) is 0 Å². The second kappa shape index (κ2) is 23.1. The Bertz CT molecular complexity index is 169. The van der Waals surface area contributed by atoms with Crippen molar-refractivity contribution in [2.75, 3.05) is 14.1 Å². The fraction of sp³-hybridized carbons (Fsp3) is 0.455. The monoisotopic (exact) mass is 223 g/mol. The summed E-state index contributed by atoms with van der Waals surface area (Å²) in [5, 5.41) is 0. The van der Waals surface area contributed by atoms with E-state index < -0.39 is 6.93 Å². The van der Waals surface area contributed by atoms with Gasteiger partial charge in [-0.05, 0) is 5.56 Å². The summed E-state index contributed by atoms with van der Waals surface area (Å²) in [6.45, 7) is 2.89. The van der Waals surface area contributed by atoms with Crippen molar-refractivity contribution in [2.45, 2.75) is 20.4 Å². The number of halogens is 3. The summed E-state index contributed by atoms with van der Waals surface area (Å²) >= 11 is 0. The molecule has 15 heavy (non-hydrogen) atoms. The molecule has 0 fully saturated rings. The molecule has 4 heteroatoms. The molecule has 0 amide bonds. The van der Waals surface area contributed by atoms with Gasteiger partial charge in [0, 0.05) is 6.54 Å². The highest BCUT2D eigenvalue weighted by atomic mass is 19.3. The van der Waals surface area contributed by atoms with Crippen LogP contribution in [0.15, 0.2) is 30.3 Å². The third kappa shape index (κ3) is 19.4. The Morgan fingerprint density at radius 1 is 1.00 bits per heavy atom. The highest BCUT2D eigenvalue weighted by Gasteiger charge is 1.80. The first kappa shape index (κ1) is 19.5. The summed E-state index contributed by atoms with van der Waals surface area (Å²) in [5.74, 6) is 0. The molecule has 1 rings (SSSR count). The largest absolute Gasteiger partial charge is 0.326 e. The molecule has 0 aliphatic rings. The first-order valence-electron chi connectivity index (χ1n) is 4.58. The third-order valence-corrected chi connectivity index (χ3v) is 1.08. The molecule has 0 heterocycles. The molecule has 0 saturated carbocycles. The van der Waals surface area contributed by atoms with Crippen LogP contribution in [0.5, 0.6) is 0 Å². The Morgan fingerprint density at radius 2 is 1.33 bits per heavy atom. The Balaban J connectivity index is -0.000000176. The smallest absolute Gasteiger partial charge is 0.229 e. The van der Waals surface area contributed by atoms with Crippen LogP contribution in [0.2, 0.25) is 0 Å². The molecule has 0 atom stereocenters. The van der Waals surface area contributed by atoms with Crippen molar-refractivity contribution in [1.29, 1.82) is 0 Å². The van der Waals surface area contributed by atoms with Gasteiger partial charge in [0.1, 0.15) is 0 Å². The van der Waals surface area contributed by atoms with E-state index in [1.807, 2.05) is 44.2 Å². The molecule has 0 aliphatic carbocycles. The third-order valence-electron chi connectivity index (χ3n) is 1.08. The van der Waals surface area contributed by atoms with Gasteiger partial charge < -0.3 is 5.73 Å². The minimum atomic E-state index is -1.75. The molecule has 90 valence electrons. The average molecular weight is 223 g/mol. The van der Waals surface area contributed by atoms with Gasteiger partial charge in [-0.1, -0.05) is 44.2 Å². The highest BCUT2D eigenvalue weighted by molar-refractivity contribution is 5.13. The van der Waals surface area contributed by atoms with Gasteiger partial charge in [-0.15, -0.1) is 0 Å². The van der Waals surface area contributed by atoms with Crippen LogP contribution in [-0.4, -0.2) is 14.1 Å². The van der Waals surface area contributed by atoms with E-state index in [0.29, 0.717) is 13.7 Å². The Labute approximate surface area is 90.1 Å². The van der Waals surface area contributed by atoms with Crippen molar-refractivity contribution >= 4 is 0 Å². The van der Waals surface area contributed by atoms with Gasteiger partial charge in [0.25, 0.3) is 0 Å². The molecule has 0 aliphatic heterocycles. The van der Waals surface area contributed by atoms with Crippen molar-refractivity contribution < 1.29 is 13.2 Å². The summed E-state index contributed by atoms with van der Waals surface area (Å²) in [6.07, 6.45) is 0. The number of nitrogens with two attached hydrogens (primary N) is 1. The van der Waals surface area contributed by atoms with Crippen LogP contribution >= 0.6 is 0 Å². The van der Waals surface area contributed by atoms with Crippen molar-refractivity contribution in [3.05, 3.63) is 35.9 Å². The second-order valence-electron chi connectivity index (χ2n) is 1.79. The molecule has 1 nitrogen and oxygen atoms in total. The normalized spacial score (nSPS) is 6.87. The minimum Gasteiger partial charge on any atom is -0.326 e. The molecular weight excluding hydrogens is 203 g/mol. The molecular formula is C11H20F3N. The molecule has 0 radical (unpaired) electrons. The standard InChI is InChI=1S/C7H9N.C2H6.CH2F2.CH3F/c8-6-7-4-2-1-3-5-7;1-2;2-1-3;1-2/h1-5H,6,8H2;1-2H3;1H2;1H3. The van der Waals surface area contributed by atoms with E-state index in [-0.39, 0.29) is 0 Å². The van der Waals surface area contributed by atoms with Crippen molar-refractivity contribution in [1.82, 2.24) is 0 Å². The van der Waals surface area contributed by atoms with Crippen LogP contribution in [0.1, 0.15) is 19.4 Å². The lowest BCUT2D eigenvalue weighted by atomic mass is 10.2. The van der Waals surface area contributed by atoms with Gasteiger partial charge in [-0.25, -0.2) is 8.78 Å². The maximum absolute atomic E-state index is 9.62. The molecule has 0 spiro atoms. The van der Waals surface area contributed by atoms with E-state index >= 15 is 0 Å². The van der Waals surface area contributed by atoms with Gasteiger partial charge in [0.05, 0.1) is 7.18 Å². The summed E-state index contributed by atoms with van der Waals surface area (Å²) in [7, 11) is 0.500. The summed E-state index contributed by atoms with van der Waals surface area (Å²) in [6, 6.07) is 9.99. The molecule has 0 unspecified atom stereocenters. The van der Waals surface area contributed by atoms with E-state index in [0.717, 1.165) is 0 Å². The van der Waals surface area contributed by atoms with E-state index in [9.17, 15) is 13.2 Å². The maximum atomic E-state index is 9.62. The predicted molar refractivity (Wildman–Crippen MR) is 59.8 cm³/mol. The average Bonchev–Trinajstić information content (AvgIpc) is 2.36. The van der Waals surface area contributed by atoms with Crippen LogP contribution in [0.3, 0.4) is 0 Å². The number of benzene rings is 1. The quantitative estimate of drug-likeness (QED) is 0.772. The van der Waals surface area contributed by atoms with Crippen LogP contribution in [0.25, 0.3) is 0 Å². The van der Waals surface area contributed by atoms with Gasteiger partial charge in [0.2, 0.25) is 6.93 Å². The molecule has 0 aromatic heterocycles. The van der Waals surface area contributed by atoms with Crippen molar-refractivity contribution in [2.24, 2.45) is 5.73 Å². The van der Waals surface area contributed by atoms with Gasteiger partial charge in [0.15, 0.2) is 0 Å². The lowest BCUT2D eigenvalue weighted by Crippen LogP contribution is -1.94. The lowest BCUT2D eigenvalue weighted by molar-refractivity contribution is 0.295. The van der Waals surface area contributed by atoms with E-state index in [4.69, 9.17) is 5.73 Å². The van der Waals surface area contributed by atoms with E-state index in [1.54, 1.807) is 0 Å². The SMILES string of the molecule is CC.CF.FCF.NCc1ccccc1. The second-order valence-corrected chi connectivity index (χ2v) is 1.79. The fourth-order valence-corrected chi connectivity index (χ4v) is 0.614. The number of hydrogen-bond acceptors (Lipinski definition) is 1. The topological polar surface area (TPSA) is 26.0 Å². The molecule has 2 N–H and O–H groups in total. The lowest BCUT2D eigenvalue weighted by Gasteiger charge is -1.90. The first-order chi connectivity index (χ1) is 7.35. The zero-order valence-electron chi connectivity index (χ0n) is 9.51. The van der Waals surface area contributed by atoms with E-state index in [1.165, 1.54) is 5.56 Å². The Hall–Kier alpha value is -1.03. The van der Waals surface area contributed by atoms with E-state index in [2.05, 4.69) is 0 Å². The number of alkyl halides is 3. The van der Waals surface area contributed by atoms with Crippen molar-refractivity contribution in [3.8, 4) is 0 Å². The molecule has 1 aromatic rings. The summed E-state index contributed by atoms with van der Waals surface area (Å²) in [5.41, 5.74) is 6.54. The summed E-state index contributed by atoms with van der Waals surface area (Å²) < 4.78 is 28.8. The molecule has 0 bridgehead atoms. The number of hydrogen-bond donors (Lipinski definition) is 1. The predicted octanol–water partition coefficient (Wildman–Crippen LogP) is 3.64. The minimum absolute atomic E-state index is 0.500. The highest BCUT2D eigenvalue weighted by Crippen LogP contribution is 1.94. The van der Waals surface area contributed by atoms with Crippen LogP contribution in [-0.2, 0) is 6.54 Å². The number of rotatable bonds is 1. The maximum Gasteiger partial charge on any atom is 0.229 e. The zero-order valence-corrected chi connectivity index (χ0v) is 9.51. The van der Waals surface area contributed by atoms with Crippen LogP contribution < -0.4 is 5.73 Å². The Morgan fingerprint density at radius 3 is 1.53 bits per heavy atom. The molecule has 1 aromatic carbocycles. The van der Waals surface area contributed by atoms with Gasteiger partial charge in [-0.3, -0.25) is 4.39 Å². The zero-order chi connectivity index (χ0) is 12.5.